The highest BCUT2D eigenvalue weighted by atomic mass is 16.5. The summed E-state index contributed by atoms with van der Waals surface area (Å²) in [6, 6.07) is 5.89. The molecule has 7 heteroatoms. The predicted octanol–water partition coefficient (Wildman–Crippen LogP) is 1.19. The number of carbonyl (C=O) groups excluding carboxylic acids is 1. The van der Waals surface area contributed by atoms with Crippen LogP contribution in [0.3, 0.4) is 0 Å². The first-order valence-corrected chi connectivity index (χ1v) is 6.36. The Morgan fingerprint density at radius 3 is 2.57 bits per heavy atom. The summed E-state index contributed by atoms with van der Waals surface area (Å²) in [5.41, 5.74) is 0.388. The van der Waals surface area contributed by atoms with Crippen LogP contribution in [0.15, 0.2) is 24.3 Å². The molecular weight excluding hydrogens is 276 g/mol. The Bertz CT molecular complexity index is 492. The van der Waals surface area contributed by atoms with Gasteiger partial charge in [-0.3, -0.25) is 4.90 Å². The number of nitrogens with one attached hydrogen (secondary N) is 1. The van der Waals surface area contributed by atoms with E-state index < -0.39 is 12.0 Å². The zero-order valence-electron chi connectivity index (χ0n) is 12.3. The van der Waals surface area contributed by atoms with Crippen LogP contribution in [0, 0.1) is 0 Å². The van der Waals surface area contributed by atoms with Crippen molar-refractivity contribution in [1.29, 1.82) is 0 Å². The summed E-state index contributed by atoms with van der Waals surface area (Å²) in [6.45, 7) is 0.620. The van der Waals surface area contributed by atoms with Crippen molar-refractivity contribution in [2.45, 2.75) is 6.10 Å². The van der Waals surface area contributed by atoms with Gasteiger partial charge in [0, 0.05) is 27.8 Å². The number of urea groups is 1. The quantitative estimate of drug-likeness (QED) is 0.789. The van der Waals surface area contributed by atoms with Crippen molar-refractivity contribution in [3.63, 3.8) is 0 Å². The molecule has 0 heterocycles. The highest BCUT2D eigenvalue weighted by molar-refractivity contribution is 6.01. The Labute approximate surface area is 123 Å². The van der Waals surface area contributed by atoms with Gasteiger partial charge in [0.15, 0.2) is 0 Å². The van der Waals surface area contributed by atoms with Crippen molar-refractivity contribution in [2.75, 3.05) is 39.3 Å². The van der Waals surface area contributed by atoms with Crippen molar-refractivity contribution in [1.82, 2.24) is 5.32 Å². The maximum atomic E-state index is 12.1. The van der Waals surface area contributed by atoms with E-state index in [9.17, 15) is 9.59 Å². The molecule has 0 aromatic heterocycles. The lowest BCUT2D eigenvalue weighted by atomic mass is 10.1. The third kappa shape index (κ3) is 4.73. The van der Waals surface area contributed by atoms with E-state index in [1.54, 1.807) is 25.3 Å². The van der Waals surface area contributed by atoms with Crippen molar-refractivity contribution in [3.8, 4) is 0 Å². The normalized spacial score (nSPS) is 11.8. The number of carbonyl (C=O) groups is 2. The molecule has 1 aromatic rings. The Morgan fingerprint density at radius 2 is 2.00 bits per heavy atom. The van der Waals surface area contributed by atoms with Crippen molar-refractivity contribution < 1.29 is 24.2 Å². The molecule has 1 aromatic carbocycles. The number of rotatable bonds is 7. The Hall–Kier alpha value is -2.12. The molecule has 0 spiro atoms. The van der Waals surface area contributed by atoms with E-state index in [4.69, 9.17) is 14.6 Å². The number of hydrogen-bond donors (Lipinski definition) is 2. The van der Waals surface area contributed by atoms with E-state index in [-0.39, 0.29) is 18.2 Å². The Morgan fingerprint density at radius 1 is 1.33 bits per heavy atom. The molecule has 0 saturated heterocycles. The van der Waals surface area contributed by atoms with E-state index >= 15 is 0 Å². The first-order chi connectivity index (χ1) is 10.0. The molecule has 0 radical (unpaired) electrons. The summed E-state index contributed by atoms with van der Waals surface area (Å²) in [7, 11) is 4.58. The van der Waals surface area contributed by atoms with Gasteiger partial charge in [0.2, 0.25) is 0 Å². The van der Waals surface area contributed by atoms with Gasteiger partial charge in [-0.15, -0.1) is 0 Å². The number of nitrogens with zero attached hydrogens (tertiary/aromatic N) is 1. The molecule has 0 aliphatic heterocycles. The van der Waals surface area contributed by atoms with Gasteiger partial charge >= 0.3 is 12.0 Å². The average Bonchev–Trinajstić information content (AvgIpc) is 2.50. The zero-order chi connectivity index (χ0) is 15.8. The van der Waals surface area contributed by atoms with Crippen LogP contribution < -0.4 is 10.2 Å². The number of para-hydroxylation sites is 1. The Kier molecular flexibility index (Phi) is 6.64. The fourth-order valence-corrected chi connectivity index (χ4v) is 1.77. The van der Waals surface area contributed by atoms with E-state index in [0.717, 1.165) is 0 Å². The van der Waals surface area contributed by atoms with Crippen molar-refractivity contribution >= 4 is 17.7 Å². The largest absolute Gasteiger partial charge is 0.478 e. The average molecular weight is 296 g/mol. The number of methoxy groups -OCH3 is 2. The zero-order valence-corrected chi connectivity index (χ0v) is 12.3. The number of carboxylic acids is 1. The molecule has 2 amide bonds. The third-order valence-corrected chi connectivity index (χ3v) is 2.97. The SMILES string of the molecule is COCC(CNC(=O)N(C)c1ccccc1C(=O)O)OC. The number of aromatic carboxylic acids is 1. The number of ether oxygens (including phenoxy) is 2. The first kappa shape index (κ1) is 16.9. The molecule has 1 atom stereocenters. The van der Waals surface area contributed by atoms with Gasteiger partial charge in [-0.2, -0.15) is 0 Å². The molecule has 1 unspecified atom stereocenters. The predicted molar refractivity (Wildman–Crippen MR) is 77.9 cm³/mol. The monoisotopic (exact) mass is 296 g/mol. The minimum Gasteiger partial charge on any atom is -0.478 e. The molecule has 0 aliphatic carbocycles. The molecule has 2 N–H and O–H groups in total. The van der Waals surface area contributed by atoms with Gasteiger partial charge in [-0.1, -0.05) is 12.1 Å². The number of anilines is 1. The molecule has 0 aliphatic rings. The van der Waals surface area contributed by atoms with Crippen LogP contribution in [0.25, 0.3) is 0 Å². The summed E-state index contributed by atoms with van der Waals surface area (Å²) in [5.74, 6) is -1.08. The van der Waals surface area contributed by atoms with E-state index in [1.165, 1.54) is 25.1 Å². The summed E-state index contributed by atoms with van der Waals surface area (Å²) in [5, 5.41) is 11.8. The lowest BCUT2D eigenvalue weighted by Gasteiger charge is -2.21. The van der Waals surface area contributed by atoms with E-state index in [1.807, 2.05) is 0 Å². The number of carboxylic acid groups (broad SMARTS) is 1. The number of hydrogen-bond acceptors (Lipinski definition) is 4. The summed E-state index contributed by atoms with van der Waals surface area (Å²) in [6.07, 6.45) is -0.262. The second-order valence-electron chi connectivity index (χ2n) is 4.38. The standard InChI is InChI=1S/C14H20N2O5/c1-16(12-7-5-4-6-11(12)13(17)18)14(19)15-8-10(21-3)9-20-2/h4-7,10H,8-9H2,1-3H3,(H,15,19)(H,17,18). The number of benzene rings is 1. The van der Waals surface area contributed by atoms with Gasteiger partial charge in [0.25, 0.3) is 0 Å². The van der Waals surface area contributed by atoms with Crippen molar-refractivity contribution in [3.05, 3.63) is 29.8 Å². The fraction of sp³-hybridized carbons (Fsp3) is 0.429. The van der Waals surface area contributed by atoms with Crippen LogP contribution in [-0.4, -0.2) is 57.6 Å². The first-order valence-electron chi connectivity index (χ1n) is 6.36. The molecule has 7 nitrogen and oxygen atoms in total. The van der Waals surface area contributed by atoms with Gasteiger partial charge in [-0.05, 0) is 12.1 Å². The molecule has 0 bridgehead atoms. The molecular formula is C14H20N2O5. The minimum atomic E-state index is -1.08. The fourth-order valence-electron chi connectivity index (χ4n) is 1.77. The van der Waals surface area contributed by atoms with E-state index in [2.05, 4.69) is 5.32 Å². The molecule has 0 saturated carbocycles. The van der Waals surface area contributed by atoms with Crippen LogP contribution in [0.1, 0.15) is 10.4 Å². The second-order valence-corrected chi connectivity index (χ2v) is 4.38. The van der Waals surface area contributed by atoms with Crippen LogP contribution in [-0.2, 0) is 9.47 Å². The van der Waals surface area contributed by atoms with Crippen molar-refractivity contribution in [2.24, 2.45) is 0 Å². The van der Waals surface area contributed by atoms with Gasteiger partial charge < -0.3 is 19.9 Å². The molecule has 0 fully saturated rings. The third-order valence-electron chi connectivity index (χ3n) is 2.97. The van der Waals surface area contributed by atoms with Crippen LogP contribution >= 0.6 is 0 Å². The van der Waals surface area contributed by atoms with Crippen LogP contribution in [0.4, 0.5) is 10.5 Å². The summed E-state index contributed by atoms with van der Waals surface area (Å²) < 4.78 is 10.1. The van der Waals surface area contributed by atoms with Crippen LogP contribution in [0.2, 0.25) is 0 Å². The molecule has 1 rings (SSSR count). The topological polar surface area (TPSA) is 88.1 Å². The highest BCUT2D eigenvalue weighted by Crippen LogP contribution is 2.19. The summed E-state index contributed by atoms with van der Waals surface area (Å²) in [4.78, 5) is 24.5. The lowest BCUT2D eigenvalue weighted by Crippen LogP contribution is -2.43. The molecule has 21 heavy (non-hydrogen) atoms. The highest BCUT2D eigenvalue weighted by Gasteiger charge is 2.18. The maximum Gasteiger partial charge on any atom is 0.337 e. The lowest BCUT2D eigenvalue weighted by molar-refractivity contribution is 0.0306. The molecule has 116 valence electrons. The maximum absolute atomic E-state index is 12.1. The second kappa shape index (κ2) is 8.23. The van der Waals surface area contributed by atoms with E-state index in [0.29, 0.717) is 12.3 Å². The van der Waals surface area contributed by atoms with Gasteiger partial charge in [0.1, 0.15) is 0 Å². The minimum absolute atomic E-state index is 0.0651. The smallest absolute Gasteiger partial charge is 0.337 e. The van der Waals surface area contributed by atoms with Gasteiger partial charge in [-0.25, -0.2) is 9.59 Å². The van der Waals surface area contributed by atoms with Gasteiger partial charge in [0.05, 0.1) is 24.0 Å². The Balaban J connectivity index is 2.73. The number of amides is 2. The van der Waals surface area contributed by atoms with Crippen LogP contribution in [0.5, 0.6) is 0 Å². The summed E-state index contributed by atoms with van der Waals surface area (Å²) >= 11 is 0.